The Kier molecular flexibility index (Phi) is 5.51. The van der Waals surface area contributed by atoms with Crippen LogP contribution in [0, 0.1) is 0 Å². The molecule has 0 unspecified atom stereocenters. The van der Waals surface area contributed by atoms with Crippen molar-refractivity contribution in [1.82, 2.24) is 5.32 Å². The van der Waals surface area contributed by atoms with Crippen molar-refractivity contribution in [3.63, 3.8) is 0 Å². The van der Waals surface area contributed by atoms with Gasteiger partial charge in [0.25, 0.3) is 0 Å². The zero-order chi connectivity index (χ0) is 15.0. The average molecular weight is 336 g/mol. The molecule has 1 N–H and O–H groups in total. The molecule has 1 atom stereocenters. The second-order valence-electron chi connectivity index (χ2n) is 4.38. The van der Waals surface area contributed by atoms with Crippen LogP contribution in [0.15, 0.2) is 18.2 Å². The van der Waals surface area contributed by atoms with Gasteiger partial charge in [0.2, 0.25) is 0 Å². The van der Waals surface area contributed by atoms with Crippen LogP contribution in [-0.2, 0) is 17.1 Å². The van der Waals surface area contributed by atoms with Crippen molar-refractivity contribution in [3.05, 3.63) is 34.9 Å². The number of nitrogens with one attached hydrogen (secondary N) is 1. The minimum atomic E-state index is -4.71. The van der Waals surface area contributed by atoms with E-state index >= 15 is 0 Å². The topological polar surface area (TPSA) is 21.3 Å². The van der Waals surface area contributed by atoms with Crippen LogP contribution >= 0.6 is 12.4 Å². The Hall–Kier alpha value is -0.990. The summed E-state index contributed by atoms with van der Waals surface area (Å²) in [5, 5.41) is 2.73. The molecule has 1 aromatic carbocycles. The van der Waals surface area contributed by atoms with E-state index in [9.17, 15) is 26.3 Å². The highest BCUT2D eigenvalue weighted by atomic mass is 35.5. The smallest absolute Gasteiger partial charge is 0.378 e. The molecule has 1 saturated heterocycles. The predicted molar refractivity (Wildman–Crippen MR) is 65.3 cm³/mol. The number of alkyl halides is 6. The largest absolute Gasteiger partial charge is 0.416 e. The lowest BCUT2D eigenvalue weighted by Gasteiger charge is -2.27. The van der Waals surface area contributed by atoms with Crippen molar-refractivity contribution in [2.24, 2.45) is 0 Å². The van der Waals surface area contributed by atoms with Crippen LogP contribution in [0.2, 0.25) is 0 Å². The van der Waals surface area contributed by atoms with Gasteiger partial charge in [-0.3, -0.25) is 0 Å². The van der Waals surface area contributed by atoms with Crippen LogP contribution in [0.4, 0.5) is 26.3 Å². The summed E-state index contributed by atoms with van der Waals surface area (Å²) in [5.74, 6) is 0. The Morgan fingerprint density at radius 2 is 1.71 bits per heavy atom. The number of rotatable bonds is 1. The van der Waals surface area contributed by atoms with Crippen molar-refractivity contribution in [2.45, 2.75) is 18.4 Å². The molecule has 0 aromatic heterocycles. The minimum absolute atomic E-state index is 0. The fraction of sp³-hybridized carbons (Fsp3) is 0.500. The van der Waals surface area contributed by atoms with E-state index in [1.807, 2.05) is 0 Å². The molecular formula is C12H12ClF6NO. The SMILES string of the molecule is Cl.FC(F)(F)c1ccc(C(F)(F)F)c([C@@H]2COCCN2)c1. The molecule has 0 bridgehead atoms. The summed E-state index contributed by atoms with van der Waals surface area (Å²) >= 11 is 0. The maximum atomic E-state index is 12.9. The van der Waals surface area contributed by atoms with Gasteiger partial charge in [-0.1, -0.05) is 0 Å². The summed E-state index contributed by atoms with van der Waals surface area (Å²) in [4.78, 5) is 0. The van der Waals surface area contributed by atoms with Crippen LogP contribution in [0.5, 0.6) is 0 Å². The molecule has 0 aliphatic carbocycles. The van der Waals surface area contributed by atoms with Gasteiger partial charge in [-0.25, -0.2) is 0 Å². The number of benzene rings is 1. The van der Waals surface area contributed by atoms with Crippen molar-refractivity contribution in [3.8, 4) is 0 Å². The quantitative estimate of drug-likeness (QED) is 0.788. The highest BCUT2D eigenvalue weighted by Gasteiger charge is 2.38. The zero-order valence-electron chi connectivity index (χ0n) is 10.5. The van der Waals surface area contributed by atoms with Crippen LogP contribution in [-0.4, -0.2) is 19.8 Å². The normalized spacial score (nSPS) is 20.0. The van der Waals surface area contributed by atoms with Crippen LogP contribution < -0.4 is 5.32 Å². The van der Waals surface area contributed by atoms with Gasteiger partial charge >= 0.3 is 12.4 Å². The van der Waals surface area contributed by atoms with Gasteiger partial charge in [0.1, 0.15) is 0 Å². The van der Waals surface area contributed by atoms with Crippen LogP contribution in [0.25, 0.3) is 0 Å². The number of ether oxygens (including phenoxy) is 1. The van der Waals surface area contributed by atoms with E-state index in [1.54, 1.807) is 0 Å². The third kappa shape index (κ3) is 4.24. The molecule has 1 aliphatic heterocycles. The Bertz CT molecular complexity index is 482. The van der Waals surface area contributed by atoms with E-state index in [4.69, 9.17) is 4.74 Å². The van der Waals surface area contributed by atoms with Gasteiger partial charge in [-0.2, -0.15) is 26.3 Å². The Morgan fingerprint density at radius 3 is 2.19 bits per heavy atom. The fourth-order valence-corrected chi connectivity index (χ4v) is 2.05. The summed E-state index contributed by atoms with van der Waals surface area (Å²) in [5.41, 5.74) is -2.62. The standard InChI is InChI=1S/C12H11F6NO.ClH/c13-11(14,15)7-1-2-9(12(16,17)18)8(5-7)10-6-20-4-3-19-10;/h1-2,5,10,19H,3-4,6H2;1H/t10-;/m0./s1. The first-order valence-electron chi connectivity index (χ1n) is 5.79. The van der Waals surface area contributed by atoms with Crippen molar-refractivity contribution >= 4 is 12.4 Å². The Morgan fingerprint density at radius 1 is 1.05 bits per heavy atom. The molecule has 120 valence electrons. The predicted octanol–water partition coefficient (Wildman–Crippen LogP) is 3.81. The zero-order valence-corrected chi connectivity index (χ0v) is 11.3. The molecule has 1 fully saturated rings. The molecule has 0 spiro atoms. The van der Waals surface area contributed by atoms with E-state index in [0.29, 0.717) is 24.8 Å². The van der Waals surface area contributed by atoms with E-state index in [-0.39, 0.29) is 25.6 Å². The van der Waals surface area contributed by atoms with E-state index in [0.717, 1.165) is 0 Å². The first-order chi connectivity index (χ1) is 9.19. The molecule has 1 aromatic rings. The number of morpholine rings is 1. The second-order valence-corrected chi connectivity index (χ2v) is 4.38. The third-order valence-electron chi connectivity index (χ3n) is 2.98. The molecule has 9 heteroatoms. The Labute approximate surface area is 122 Å². The molecule has 0 saturated carbocycles. The lowest BCUT2D eigenvalue weighted by Crippen LogP contribution is -2.36. The summed E-state index contributed by atoms with van der Waals surface area (Å²) in [6.45, 7) is 0.513. The summed E-state index contributed by atoms with van der Waals surface area (Å²) < 4.78 is 81.6. The van der Waals surface area contributed by atoms with Gasteiger partial charge in [-0.15, -0.1) is 12.4 Å². The van der Waals surface area contributed by atoms with Gasteiger partial charge in [0, 0.05) is 6.54 Å². The maximum Gasteiger partial charge on any atom is 0.416 e. The highest BCUT2D eigenvalue weighted by molar-refractivity contribution is 5.85. The molecule has 2 rings (SSSR count). The number of hydrogen-bond donors (Lipinski definition) is 1. The third-order valence-corrected chi connectivity index (χ3v) is 2.98. The van der Waals surface area contributed by atoms with Gasteiger partial charge in [0.05, 0.1) is 30.4 Å². The molecule has 0 amide bonds. The molecule has 1 heterocycles. The average Bonchev–Trinajstić information content (AvgIpc) is 2.37. The molecule has 0 radical (unpaired) electrons. The van der Waals surface area contributed by atoms with Gasteiger partial charge in [-0.05, 0) is 23.8 Å². The minimum Gasteiger partial charge on any atom is -0.378 e. The maximum absolute atomic E-state index is 12.9. The fourth-order valence-electron chi connectivity index (χ4n) is 2.05. The first kappa shape index (κ1) is 18.1. The van der Waals surface area contributed by atoms with Crippen LogP contribution in [0.1, 0.15) is 22.7 Å². The van der Waals surface area contributed by atoms with Gasteiger partial charge < -0.3 is 10.1 Å². The summed E-state index contributed by atoms with van der Waals surface area (Å²) in [6.07, 6.45) is -9.40. The monoisotopic (exact) mass is 335 g/mol. The number of hydrogen-bond acceptors (Lipinski definition) is 2. The lowest BCUT2D eigenvalue weighted by molar-refractivity contribution is -0.142. The van der Waals surface area contributed by atoms with Crippen molar-refractivity contribution < 1.29 is 31.1 Å². The molecular weight excluding hydrogens is 324 g/mol. The van der Waals surface area contributed by atoms with Crippen molar-refractivity contribution in [2.75, 3.05) is 19.8 Å². The summed E-state index contributed by atoms with van der Waals surface area (Å²) in [6, 6.07) is 0.544. The second kappa shape index (κ2) is 6.41. The van der Waals surface area contributed by atoms with E-state index in [1.165, 1.54) is 0 Å². The number of halogens is 7. The van der Waals surface area contributed by atoms with E-state index < -0.39 is 35.1 Å². The van der Waals surface area contributed by atoms with Crippen molar-refractivity contribution in [1.29, 1.82) is 0 Å². The van der Waals surface area contributed by atoms with Gasteiger partial charge in [0.15, 0.2) is 0 Å². The molecule has 21 heavy (non-hydrogen) atoms. The molecule has 2 nitrogen and oxygen atoms in total. The van der Waals surface area contributed by atoms with Crippen LogP contribution in [0.3, 0.4) is 0 Å². The first-order valence-corrected chi connectivity index (χ1v) is 5.79. The summed E-state index contributed by atoms with van der Waals surface area (Å²) in [7, 11) is 0. The molecule has 1 aliphatic rings. The Balaban J connectivity index is 0.00000220. The highest BCUT2D eigenvalue weighted by Crippen LogP contribution is 2.38. The lowest BCUT2D eigenvalue weighted by atomic mass is 9.96. The van der Waals surface area contributed by atoms with E-state index in [2.05, 4.69) is 5.32 Å².